The fourth-order valence-corrected chi connectivity index (χ4v) is 3.58. The lowest BCUT2D eigenvalue weighted by Gasteiger charge is -2.12. The highest BCUT2D eigenvalue weighted by molar-refractivity contribution is 5.98. The zero-order valence-electron chi connectivity index (χ0n) is 16.2. The van der Waals surface area contributed by atoms with Crippen LogP contribution in [0, 0.1) is 10.1 Å². The maximum absolute atomic E-state index is 13.0. The van der Waals surface area contributed by atoms with Crippen LogP contribution in [0.2, 0.25) is 0 Å². The molecule has 0 fully saturated rings. The number of nitrogens with zero attached hydrogens (tertiary/aromatic N) is 1. The number of fused-ring (bicyclic) bond motifs is 1. The second kappa shape index (κ2) is 8.57. The predicted octanol–water partition coefficient (Wildman–Crippen LogP) is 6.15. The molecule has 5 heteroatoms. The Bertz CT molecular complexity index is 1230. The molecule has 1 aromatic heterocycles. The number of carbonyl (C=O) groups excluding carboxylic acids is 1. The standard InChI is InChI=1S/C25H20N2O3/c28-25(20-9-6-10-21(15-20)27(29)30)16-19(14-13-18-7-2-1-3-8-18)23-17-26-24-12-5-4-11-22(23)24/h1-15,17,19,26H,16H2/b14-13+. The maximum atomic E-state index is 13.0. The van der Waals surface area contributed by atoms with Crippen molar-refractivity contribution in [2.45, 2.75) is 12.3 Å². The molecule has 1 unspecified atom stereocenters. The molecular formula is C25H20N2O3. The molecule has 4 aromatic rings. The van der Waals surface area contributed by atoms with E-state index in [2.05, 4.69) is 4.98 Å². The number of rotatable bonds is 7. The van der Waals surface area contributed by atoms with Crippen LogP contribution < -0.4 is 0 Å². The first-order chi connectivity index (χ1) is 14.6. The van der Waals surface area contributed by atoms with Gasteiger partial charge in [-0.3, -0.25) is 14.9 Å². The van der Waals surface area contributed by atoms with Gasteiger partial charge in [0.25, 0.3) is 5.69 Å². The molecular weight excluding hydrogens is 376 g/mol. The van der Waals surface area contributed by atoms with Gasteiger partial charge in [-0.05, 0) is 17.2 Å². The average Bonchev–Trinajstić information content (AvgIpc) is 3.21. The Kier molecular flexibility index (Phi) is 5.52. The van der Waals surface area contributed by atoms with Gasteiger partial charge < -0.3 is 4.98 Å². The first-order valence-electron chi connectivity index (χ1n) is 9.69. The van der Waals surface area contributed by atoms with Crippen LogP contribution >= 0.6 is 0 Å². The normalized spacial score (nSPS) is 12.3. The van der Waals surface area contributed by atoms with Crippen molar-refractivity contribution in [2.24, 2.45) is 0 Å². The first kappa shape index (κ1) is 19.3. The summed E-state index contributed by atoms with van der Waals surface area (Å²) in [5.74, 6) is -0.306. The van der Waals surface area contributed by atoms with Gasteiger partial charge in [-0.15, -0.1) is 0 Å². The van der Waals surface area contributed by atoms with Crippen molar-refractivity contribution in [3.05, 3.63) is 118 Å². The number of aromatic amines is 1. The number of Topliss-reactive ketones (excluding diaryl/α,β-unsaturated/α-hetero) is 1. The largest absolute Gasteiger partial charge is 0.361 e. The van der Waals surface area contributed by atoms with Gasteiger partial charge in [0.15, 0.2) is 5.78 Å². The third kappa shape index (κ3) is 4.20. The van der Waals surface area contributed by atoms with E-state index < -0.39 is 4.92 Å². The van der Waals surface area contributed by atoms with Crippen LogP contribution in [0.15, 0.2) is 91.1 Å². The van der Waals surface area contributed by atoms with Gasteiger partial charge in [0.05, 0.1) is 4.92 Å². The highest BCUT2D eigenvalue weighted by atomic mass is 16.6. The number of non-ortho nitro benzene ring substituents is 1. The third-order valence-electron chi connectivity index (χ3n) is 5.13. The van der Waals surface area contributed by atoms with Gasteiger partial charge in [-0.1, -0.05) is 72.8 Å². The molecule has 0 amide bonds. The molecule has 4 rings (SSSR count). The number of nitro groups is 1. The summed E-state index contributed by atoms with van der Waals surface area (Å²) in [7, 11) is 0. The predicted molar refractivity (Wildman–Crippen MR) is 119 cm³/mol. The summed E-state index contributed by atoms with van der Waals surface area (Å²) in [5.41, 5.74) is 3.35. The summed E-state index contributed by atoms with van der Waals surface area (Å²) in [6.45, 7) is 0. The highest BCUT2D eigenvalue weighted by Gasteiger charge is 2.19. The Hall–Kier alpha value is -3.99. The van der Waals surface area contributed by atoms with Crippen molar-refractivity contribution < 1.29 is 9.72 Å². The molecule has 0 spiro atoms. The summed E-state index contributed by atoms with van der Waals surface area (Å²) >= 11 is 0. The molecule has 0 aliphatic rings. The number of ketones is 1. The number of nitrogens with one attached hydrogen (secondary N) is 1. The molecule has 148 valence electrons. The van der Waals surface area contributed by atoms with E-state index in [1.54, 1.807) is 12.1 Å². The van der Waals surface area contributed by atoms with E-state index in [9.17, 15) is 14.9 Å². The molecule has 0 radical (unpaired) electrons. The Balaban J connectivity index is 1.68. The SMILES string of the molecule is O=C(CC(/C=C/c1ccccc1)c1c[nH]c2ccccc12)c1cccc([N+](=O)[O-])c1. The number of allylic oxidation sites excluding steroid dienone is 1. The van der Waals surface area contributed by atoms with Crippen LogP contribution in [-0.2, 0) is 0 Å². The van der Waals surface area contributed by atoms with Crippen LogP contribution in [0.5, 0.6) is 0 Å². The van der Waals surface area contributed by atoms with E-state index in [4.69, 9.17) is 0 Å². The van der Waals surface area contributed by atoms with Gasteiger partial charge >= 0.3 is 0 Å². The molecule has 1 N–H and O–H groups in total. The summed E-state index contributed by atoms with van der Waals surface area (Å²) in [6, 6.07) is 23.8. The Morgan fingerprint density at radius 1 is 1.00 bits per heavy atom. The molecule has 5 nitrogen and oxygen atoms in total. The molecule has 0 aliphatic heterocycles. The zero-order chi connectivity index (χ0) is 20.9. The lowest BCUT2D eigenvalue weighted by atomic mass is 9.90. The number of benzene rings is 3. The fourth-order valence-electron chi connectivity index (χ4n) is 3.58. The summed E-state index contributed by atoms with van der Waals surface area (Å²) in [4.78, 5) is 26.9. The molecule has 0 bridgehead atoms. The second-order valence-electron chi connectivity index (χ2n) is 7.10. The molecule has 1 atom stereocenters. The van der Waals surface area contributed by atoms with Crippen molar-refractivity contribution in [2.75, 3.05) is 0 Å². The monoisotopic (exact) mass is 396 g/mol. The van der Waals surface area contributed by atoms with Gasteiger partial charge in [-0.25, -0.2) is 0 Å². The topological polar surface area (TPSA) is 76.0 Å². The van der Waals surface area contributed by atoms with Crippen LogP contribution in [-0.4, -0.2) is 15.7 Å². The van der Waals surface area contributed by atoms with Crippen molar-refractivity contribution in [1.29, 1.82) is 0 Å². The van der Waals surface area contributed by atoms with Crippen molar-refractivity contribution in [3.63, 3.8) is 0 Å². The van der Waals surface area contributed by atoms with Crippen LogP contribution in [0.25, 0.3) is 17.0 Å². The van der Waals surface area contributed by atoms with Gasteiger partial charge in [0.1, 0.15) is 0 Å². The summed E-state index contributed by atoms with van der Waals surface area (Å²) in [6.07, 6.45) is 6.19. The molecule has 3 aromatic carbocycles. The molecule has 0 aliphatic carbocycles. The second-order valence-corrected chi connectivity index (χ2v) is 7.10. The van der Waals surface area contributed by atoms with Crippen LogP contribution in [0.1, 0.15) is 33.8 Å². The number of H-pyrrole nitrogens is 1. The lowest BCUT2D eigenvalue weighted by Crippen LogP contribution is -2.06. The summed E-state index contributed by atoms with van der Waals surface area (Å²) < 4.78 is 0. The number of nitro benzene ring substituents is 1. The molecule has 1 heterocycles. The lowest BCUT2D eigenvalue weighted by molar-refractivity contribution is -0.384. The van der Waals surface area contributed by atoms with E-state index >= 15 is 0 Å². The molecule has 0 saturated carbocycles. The first-order valence-corrected chi connectivity index (χ1v) is 9.69. The minimum Gasteiger partial charge on any atom is -0.361 e. The van der Waals surface area contributed by atoms with Crippen LogP contribution in [0.4, 0.5) is 5.69 Å². The Morgan fingerprint density at radius 2 is 1.77 bits per heavy atom. The molecule has 30 heavy (non-hydrogen) atoms. The number of para-hydroxylation sites is 1. The Morgan fingerprint density at radius 3 is 2.57 bits per heavy atom. The van der Waals surface area contributed by atoms with E-state index in [0.717, 1.165) is 22.0 Å². The fraction of sp³-hybridized carbons (Fsp3) is 0.0800. The summed E-state index contributed by atoms with van der Waals surface area (Å²) in [5, 5.41) is 12.1. The van der Waals surface area contributed by atoms with E-state index in [1.807, 2.05) is 72.9 Å². The van der Waals surface area contributed by atoms with Crippen molar-refractivity contribution in [1.82, 2.24) is 4.98 Å². The minimum absolute atomic E-state index is 0.0793. The number of hydrogen-bond donors (Lipinski definition) is 1. The van der Waals surface area contributed by atoms with Gasteiger partial charge in [0, 0.05) is 47.1 Å². The average molecular weight is 396 g/mol. The third-order valence-corrected chi connectivity index (χ3v) is 5.13. The van der Waals surface area contributed by atoms with Crippen molar-refractivity contribution >= 4 is 28.4 Å². The smallest absolute Gasteiger partial charge is 0.270 e. The number of aromatic nitrogens is 1. The van der Waals surface area contributed by atoms with Crippen LogP contribution in [0.3, 0.4) is 0 Å². The van der Waals surface area contributed by atoms with Gasteiger partial charge in [-0.2, -0.15) is 0 Å². The van der Waals surface area contributed by atoms with E-state index in [-0.39, 0.29) is 23.8 Å². The zero-order valence-corrected chi connectivity index (χ0v) is 16.2. The number of carbonyl (C=O) groups is 1. The Labute approximate surface area is 173 Å². The number of hydrogen-bond acceptors (Lipinski definition) is 3. The minimum atomic E-state index is -0.483. The quantitative estimate of drug-likeness (QED) is 0.231. The van der Waals surface area contributed by atoms with Gasteiger partial charge in [0.2, 0.25) is 0 Å². The maximum Gasteiger partial charge on any atom is 0.270 e. The molecule has 0 saturated heterocycles. The van der Waals surface area contributed by atoms with Crippen molar-refractivity contribution in [3.8, 4) is 0 Å². The van der Waals surface area contributed by atoms with E-state index in [1.165, 1.54) is 12.1 Å². The van der Waals surface area contributed by atoms with E-state index in [0.29, 0.717) is 5.56 Å². The highest BCUT2D eigenvalue weighted by Crippen LogP contribution is 2.31.